The van der Waals surface area contributed by atoms with Crippen molar-refractivity contribution in [2.24, 2.45) is 5.73 Å². The van der Waals surface area contributed by atoms with Gasteiger partial charge in [-0.3, -0.25) is 24.1 Å². The minimum Gasteiger partial charge on any atom is -0.496 e. The number of rotatable bonds is 29. The van der Waals surface area contributed by atoms with Gasteiger partial charge in [-0.25, -0.2) is 4.98 Å². The predicted molar refractivity (Wildman–Crippen MR) is 228 cm³/mol. The largest absolute Gasteiger partial charge is 0.496 e. The lowest BCUT2D eigenvalue weighted by Gasteiger charge is -2.35. The number of aromatic nitrogens is 3. The molecular formula is C40H61N9O10S. The molecule has 0 saturated carbocycles. The fraction of sp³-hybridized carbons (Fsp3) is 0.600. The second-order valence-electron chi connectivity index (χ2n) is 14.3. The molecule has 0 spiro atoms. The minimum absolute atomic E-state index is 0.0617. The summed E-state index contributed by atoms with van der Waals surface area (Å²) in [4.78, 5) is 60.3. The van der Waals surface area contributed by atoms with Crippen LogP contribution in [-0.2, 0) is 46.5 Å². The van der Waals surface area contributed by atoms with Crippen LogP contribution in [0.1, 0.15) is 50.2 Å². The van der Waals surface area contributed by atoms with Gasteiger partial charge >= 0.3 is 11.9 Å². The molecule has 0 aliphatic carbocycles. The second-order valence-corrected chi connectivity index (χ2v) is 15.5. The number of carbonyl (C=O) groups excluding carboxylic acids is 2. The number of hydrogen-bond donors (Lipinski definition) is 6. The van der Waals surface area contributed by atoms with E-state index in [2.05, 4.69) is 55.2 Å². The van der Waals surface area contributed by atoms with Gasteiger partial charge in [0.1, 0.15) is 22.6 Å². The summed E-state index contributed by atoms with van der Waals surface area (Å²) < 4.78 is 24.5. The summed E-state index contributed by atoms with van der Waals surface area (Å²) in [5.74, 6) is -1.22. The van der Waals surface area contributed by atoms with Gasteiger partial charge < -0.3 is 60.7 Å². The van der Waals surface area contributed by atoms with Gasteiger partial charge in [0, 0.05) is 69.7 Å². The number of fused-ring (bicyclic) bond motifs is 1. The zero-order valence-electron chi connectivity index (χ0n) is 34.6. The average molecular weight is 860 g/mol. The van der Waals surface area contributed by atoms with E-state index in [1.807, 2.05) is 17.2 Å². The Morgan fingerprint density at radius 1 is 0.900 bits per heavy atom. The molecule has 60 heavy (non-hydrogen) atoms. The molecule has 1 aromatic carbocycles. The Bertz CT molecular complexity index is 1830. The first-order valence-corrected chi connectivity index (χ1v) is 21.4. The number of benzene rings is 1. The molecule has 19 nitrogen and oxygen atoms in total. The first kappa shape index (κ1) is 47.9. The van der Waals surface area contributed by atoms with Crippen LogP contribution in [0.3, 0.4) is 0 Å². The molecule has 8 N–H and O–H groups in total. The number of hydrogen-bond acceptors (Lipinski definition) is 15. The van der Waals surface area contributed by atoms with Crippen LogP contribution in [0.5, 0.6) is 5.75 Å². The van der Waals surface area contributed by atoms with E-state index >= 15 is 0 Å². The van der Waals surface area contributed by atoms with Crippen molar-refractivity contribution in [1.29, 1.82) is 0 Å². The summed E-state index contributed by atoms with van der Waals surface area (Å²) in [7, 11) is 1.69. The number of carboxylic acid groups (broad SMARTS) is 2. The van der Waals surface area contributed by atoms with Crippen LogP contribution in [0.15, 0.2) is 30.5 Å². The number of piperazine rings is 1. The molecule has 0 radical (unpaired) electrons. The van der Waals surface area contributed by atoms with E-state index in [1.165, 1.54) is 0 Å². The monoisotopic (exact) mass is 859 g/mol. The predicted octanol–water partition coefficient (Wildman–Crippen LogP) is 1.86. The third-order valence-electron chi connectivity index (χ3n) is 9.74. The second kappa shape index (κ2) is 25.8. The van der Waals surface area contributed by atoms with Gasteiger partial charge in [-0.1, -0.05) is 31.9 Å². The molecule has 20 heteroatoms. The molecule has 1 aliphatic heterocycles. The smallest absolute Gasteiger partial charge is 0.321 e. The summed E-state index contributed by atoms with van der Waals surface area (Å²) in [5, 5.41) is 23.0. The first-order chi connectivity index (χ1) is 29.0. The lowest BCUT2D eigenvalue weighted by molar-refractivity contribution is -0.139. The normalized spacial score (nSPS) is 14.2. The molecular weight excluding hydrogens is 799 g/mol. The lowest BCUT2D eigenvalue weighted by atomic mass is 10.1. The Kier molecular flexibility index (Phi) is 20.6. The van der Waals surface area contributed by atoms with Gasteiger partial charge in [0.2, 0.25) is 17.8 Å². The van der Waals surface area contributed by atoms with E-state index in [4.69, 9.17) is 35.5 Å². The molecule has 0 unspecified atom stereocenters. The average Bonchev–Trinajstić information content (AvgIpc) is 3.63. The minimum atomic E-state index is -1.24. The van der Waals surface area contributed by atoms with Crippen LogP contribution in [-0.4, -0.2) is 161 Å². The highest BCUT2D eigenvalue weighted by Crippen LogP contribution is 2.28. The van der Waals surface area contributed by atoms with Crippen molar-refractivity contribution >= 4 is 58.3 Å². The van der Waals surface area contributed by atoms with Crippen molar-refractivity contribution in [3.05, 3.63) is 41.6 Å². The SMILES string of the molecule is CCCCCNc1nc(N)nc2ccn(Cc3ccc(CN4CCN(C(=O)CCOCCOCCOCCNC(=O)C[C@H](SC[C@H](N)C(=O)O)C(=O)O)CC4)cc3OC)c12. The number of nitrogens with one attached hydrogen (secondary N) is 2. The van der Waals surface area contributed by atoms with Crippen molar-refractivity contribution in [3.63, 3.8) is 0 Å². The lowest BCUT2D eigenvalue weighted by Crippen LogP contribution is -2.48. The van der Waals surface area contributed by atoms with Gasteiger partial charge in [0.15, 0.2) is 5.82 Å². The molecule has 1 fully saturated rings. The Labute approximate surface area is 354 Å². The maximum atomic E-state index is 12.8. The maximum Gasteiger partial charge on any atom is 0.321 e. The number of ether oxygens (including phenoxy) is 4. The van der Waals surface area contributed by atoms with Crippen molar-refractivity contribution in [2.75, 3.05) is 103 Å². The Hall–Kier alpha value is -4.73. The topological polar surface area (TPSA) is 259 Å². The van der Waals surface area contributed by atoms with E-state index in [1.54, 1.807) is 7.11 Å². The highest BCUT2D eigenvalue weighted by Gasteiger charge is 2.25. The van der Waals surface area contributed by atoms with Gasteiger partial charge in [0.05, 0.1) is 65.2 Å². The number of nitrogens with zero attached hydrogens (tertiary/aromatic N) is 5. The number of aliphatic carboxylic acids is 2. The van der Waals surface area contributed by atoms with Gasteiger partial charge in [0.25, 0.3) is 0 Å². The van der Waals surface area contributed by atoms with Crippen molar-refractivity contribution < 1.29 is 48.3 Å². The third kappa shape index (κ3) is 16.0. The Morgan fingerprint density at radius 2 is 1.62 bits per heavy atom. The fourth-order valence-corrected chi connectivity index (χ4v) is 7.44. The van der Waals surface area contributed by atoms with Crippen LogP contribution >= 0.6 is 11.8 Å². The van der Waals surface area contributed by atoms with E-state index in [0.29, 0.717) is 52.5 Å². The fourth-order valence-electron chi connectivity index (χ4n) is 6.45. The van der Waals surface area contributed by atoms with Crippen LogP contribution in [0, 0.1) is 0 Å². The molecule has 1 saturated heterocycles. The molecule has 4 rings (SSSR count). The van der Waals surface area contributed by atoms with E-state index in [-0.39, 0.29) is 43.8 Å². The number of methoxy groups -OCH3 is 1. The molecule has 0 bridgehead atoms. The van der Waals surface area contributed by atoms with Gasteiger partial charge in [-0.2, -0.15) is 4.98 Å². The first-order valence-electron chi connectivity index (χ1n) is 20.3. The number of anilines is 2. The quantitative estimate of drug-likeness (QED) is 0.0545. The van der Waals surface area contributed by atoms with Gasteiger partial charge in [-0.05, 0) is 24.1 Å². The number of carboxylic acids is 2. The summed E-state index contributed by atoms with van der Waals surface area (Å²) in [5.41, 5.74) is 15.3. The van der Waals surface area contributed by atoms with Crippen LogP contribution in [0.25, 0.3) is 11.0 Å². The number of nitrogen functional groups attached to an aromatic ring is 1. The third-order valence-corrected chi connectivity index (χ3v) is 11.1. The van der Waals surface area contributed by atoms with Gasteiger partial charge in [-0.15, -0.1) is 11.8 Å². The zero-order chi connectivity index (χ0) is 43.3. The summed E-state index contributed by atoms with van der Waals surface area (Å²) in [6, 6.07) is 7.07. The number of thioether (sulfide) groups is 1. The van der Waals surface area contributed by atoms with E-state index in [0.717, 1.165) is 90.9 Å². The molecule has 2 aromatic heterocycles. The maximum absolute atomic E-state index is 12.8. The number of nitrogens with two attached hydrogens (primary N) is 2. The van der Waals surface area contributed by atoms with E-state index < -0.39 is 29.1 Å². The Morgan fingerprint density at radius 3 is 2.30 bits per heavy atom. The molecule has 2 amide bonds. The molecule has 3 aromatic rings. The summed E-state index contributed by atoms with van der Waals surface area (Å²) in [6.45, 7) is 9.11. The molecule has 2 atom stereocenters. The Balaban J connectivity index is 1.06. The molecule has 1 aliphatic rings. The highest BCUT2D eigenvalue weighted by molar-refractivity contribution is 8.00. The van der Waals surface area contributed by atoms with Crippen molar-refractivity contribution in [1.82, 2.24) is 29.7 Å². The zero-order valence-corrected chi connectivity index (χ0v) is 35.5. The van der Waals surface area contributed by atoms with Crippen LogP contribution in [0.2, 0.25) is 0 Å². The summed E-state index contributed by atoms with van der Waals surface area (Å²) in [6.07, 6.45) is 5.31. The summed E-state index contributed by atoms with van der Waals surface area (Å²) >= 11 is 0.812. The van der Waals surface area contributed by atoms with E-state index in [9.17, 15) is 24.3 Å². The molecule has 3 heterocycles. The van der Waals surface area contributed by atoms with Crippen LogP contribution < -0.4 is 26.8 Å². The van der Waals surface area contributed by atoms with Crippen LogP contribution in [0.4, 0.5) is 11.8 Å². The standard InChI is InChI=1S/C40H61N9O10S/c1-3-4-5-10-44-37-36-31(45-40(42)46-37)8-12-49(36)26-29-7-6-28(23-32(29)56-2)25-47-13-15-48(16-14-47)35(51)9-17-57-19-21-59-22-20-58-18-11-43-34(50)24-33(39(54)55)60-27-30(41)38(52)53/h6-8,12,23,30,33H,3-5,9-11,13-22,24-27,41H2,1-2H3,(H,43,50)(H,52,53)(H,54,55)(H3,42,44,45,46)/t30-,33-/m0/s1. The van der Waals surface area contributed by atoms with Crippen molar-refractivity contribution in [3.8, 4) is 5.75 Å². The molecule has 332 valence electrons. The number of unbranched alkanes of at least 4 members (excludes halogenated alkanes) is 2. The number of carbonyl (C=O) groups is 4. The van der Waals surface area contributed by atoms with Crippen molar-refractivity contribution in [2.45, 2.75) is 63.4 Å². The number of amides is 2. The highest BCUT2D eigenvalue weighted by atomic mass is 32.2.